The van der Waals surface area contributed by atoms with Gasteiger partial charge in [-0.3, -0.25) is 0 Å². The van der Waals surface area contributed by atoms with Crippen molar-refractivity contribution in [1.82, 2.24) is 4.68 Å². The van der Waals surface area contributed by atoms with E-state index in [4.69, 9.17) is 5.84 Å². The van der Waals surface area contributed by atoms with Gasteiger partial charge in [-0.15, -0.1) is 4.99 Å². The lowest BCUT2D eigenvalue weighted by Crippen LogP contribution is -2.24. The highest BCUT2D eigenvalue weighted by Crippen LogP contribution is 2.18. The standard InChI is InChI=1S/C10H11N3O2S/c1-6-4-3-5-7-8(6)13(11)9(16-7)12-10(14)15-2/h3-5H,11H2,1-2H3. The van der Waals surface area contributed by atoms with Gasteiger partial charge >= 0.3 is 6.09 Å². The van der Waals surface area contributed by atoms with Crippen LogP contribution in [0.1, 0.15) is 5.56 Å². The first-order chi connectivity index (χ1) is 7.63. The minimum atomic E-state index is -0.650. The molecule has 0 bridgehead atoms. The van der Waals surface area contributed by atoms with Crippen LogP contribution in [0.25, 0.3) is 10.2 Å². The summed E-state index contributed by atoms with van der Waals surface area (Å²) in [5, 5.41) is 0. The molecule has 84 valence electrons. The second-order valence-corrected chi connectivity index (χ2v) is 4.27. The molecule has 0 aliphatic carbocycles. The fourth-order valence-corrected chi connectivity index (χ4v) is 2.48. The average molecular weight is 237 g/mol. The van der Waals surface area contributed by atoms with Gasteiger partial charge in [-0.2, -0.15) is 0 Å². The molecule has 0 unspecified atom stereocenters. The molecule has 2 aromatic rings. The molecule has 0 aliphatic rings. The predicted octanol–water partition coefficient (Wildman–Crippen LogP) is 1.39. The molecule has 2 rings (SSSR count). The van der Waals surface area contributed by atoms with Gasteiger partial charge in [0.25, 0.3) is 0 Å². The Morgan fingerprint density at radius 2 is 2.31 bits per heavy atom. The number of benzene rings is 1. The highest BCUT2D eigenvalue weighted by molar-refractivity contribution is 7.16. The SMILES string of the molecule is COC(=O)N=c1sc2cccc(C)c2n1N. The molecular weight excluding hydrogens is 226 g/mol. The summed E-state index contributed by atoms with van der Waals surface area (Å²) >= 11 is 1.35. The number of nitrogens with zero attached hydrogens (tertiary/aromatic N) is 2. The van der Waals surface area contributed by atoms with Gasteiger partial charge in [-0.25, -0.2) is 9.47 Å². The molecule has 6 heteroatoms. The van der Waals surface area contributed by atoms with E-state index in [2.05, 4.69) is 9.73 Å². The van der Waals surface area contributed by atoms with E-state index in [1.54, 1.807) is 0 Å². The number of hydrogen-bond donors (Lipinski definition) is 1. The van der Waals surface area contributed by atoms with Crippen molar-refractivity contribution in [2.75, 3.05) is 13.0 Å². The number of nitrogen functional groups attached to an aromatic ring is 1. The third-order valence-corrected chi connectivity index (χ3v) is 3.23. The summed E-state index contributed by atoms with van der Waals surface area (Å²) in [6, 6.07) is 5.84. The van der Waals surface area contributed by atoms with Crippen LogP contribution in [-0.4, -0.2) is 17.9 Å². The Labute approximate surface area is 95.8 Å². The van der Waals surface area contributed by atoms with Crippen molar-refractivity contribution in [1.29, 1.82) is 0 Å². The summed E-state index contributed by atoms with van der Waals surface area (Å²) in [7, 11) is 1.28. The maximum atomic E-state index is 11.0. The summed E-state index contributed by atoms with van der Waals surface area (Å²) in [6.45, 7) is 1.96. The van der Waals surface area contributed by atoms with Crippen molar-refractivity contribution in [3.63, 3.8) is 0 Å². The molecule has 16 heavy (non-hydrogen) atoms. The quantitative estimate of drug-likeness (QED) is 0.704. The molecule has 0 aliphatic heterocycles. The molecule has 1 aromatic heterocycles. The van der Waals surface area contributed by atoms with Crippen LogP contribution < -0.4 is 10.6 Å². The minimum Gasteiger partial charge on any atom is -0.451 e. The molecule has 1 heterocycles. The first kappa shape index (κ1) is 10.7. The van der Waals surface area contributed by atoms with Crippen molar-refractivity contribution in [3.05, 3.63) is 28.6 Å². The van der Waals surface area contributed by atoms with Gasteiger partial charge in [0, 0.05) is 0 Å². The molecule has 5 nitrogen and oxygen atoms in total. The second-order valence-electron chi connectivity index (χ2n) is 3.26. The Morgan fingerprint density at radius 3 is 2.94 bits per heavy atom. The number of para-hydroxylation sites is 1. The summed E-state index contributed by atoms with van der Waals surface area (Å²) in [4.78, 5) is 15.2. The Morgan fingerprint density at radius 1 is 1.56 bits per heavy atom. The number of ether oxygens (including phenoxy) is 1. The van der Waals surface area contributed by atoms with E-state index in [-0.39, 0.29) is 0 Å². The van der Waals surface area contributed by atoms with Gasteiger partial charge < -0.3 is 10.6 Å². The summed E-state index contributed by atoms with van der Waals surface area (Å²) in [6.07, 6.45) is -0.650. The van der Waals surface area contributed by atoms with Crippen LogP contribution in [0.4, 0.5) is 4.79 Å². The average Bonchev–Trinajstić information content (AvgIpc) is 2.57. The zero-order valence-corrected chi connectivity index (χ0v) is 9.75. The van der Waals surface area contributed by atoms with Crippen LogP contribution in [0, 0.1) is 6.92 Å². The third kappa shape index (κ3) is 1.67. The van der Waals surface area contributed by atoms with Crippen LogP contribution in [0.5, 0.6) is 0 Å². The van der Waals surface area contributed by atoms with Gasteiger partial charge in [0.05, 0.1) is 17.3 Å². The van der Waals surface area contributed by atoms with Crippen LogP contribution in [0.3, 0.4) is 0 Å². The Hall–Kier alpha value is -1.82. The number of thiazole rings is 1. The van der Waals surface area contributed by atoms with E-state index >= 15 is 0 Å². The van der Waals surface area contributed by atoms with Crippen LogP contribution >= 0.6 is 11.3 Å². The molecule has 1 aromatic carbocycles. The molecule has 2 N–H and O–H groups in total. The summed E-state index contributed by atoms with van der Waals surface area (Å²) in [5.41, 5.74) is 1.93. The lowest BCUT2D eigenvalue weighted by atomic mass is 10.2. The molecule has 0 atom stereocenters. The number of hydrogen-bond acceptors (Lipinski definition) is 4. The van der Waals surface area contributed by atoms with Crippen molar-refractivity contribution in [2.24, 2.45) is 4.99 Å². The number of aryl methyl sites for hydroxylation is 1. The maximum Gasteiger partial charge on any atom is 0.436 e. The normalized spacial score (nSPS) is 12.0. The lowest BCUT2D eigenvalue weighted by Gasteiger charge is -1.98. The number of carbonyl (C=O) groups excluding carboxylic acids is 1. The van der Waals surface area contributed by atoms with Gasteiger partial charge in [0.15, 0.2) is 0 Å². The third-order valence-electron chi connectivity index (χ3n) is 2.21. The van der Waals surface area contributed by atoms with Gasteiger partial charge in [-0.05, 0) is 18.6 Å². The fourth-order valence-electron chi connectivity index (χ4n) is 1.47. The van der Waals surface area contributed by atoms with Crippen LogP contribution in [-0.2, 0) is 4.74 Å². The topological polar surface area (TPSA) is 69.6 Å². The smallest absolute Gasteiger partial charge is 0.436 e. The Balaban J connectivity index is 2.75. The zero-order valence-electron chi connectivity index (χ0n) is 8.93. The van der Waals surface area contributed by atoms with Crippen molar-refractivity contribution >= 4 is 27.6 Å². The Bertz CT molecular complexity index is 612. The number of fused-ring (bicyclic) bond motifs is 1. The number of rotatable bonds is 0. The summed E-state index contributed by atoms with van der Waals surface area (Å²) < 4.78 is 6.87. The van der Waals surface area contributed by atoms with Crippen molar-refractivity contribution in [3.8, 4) is 0 Å². The zero-order chi connectivity index (χ0) is 11.7. The fraction of sp³-hybridized carbons (Fsp3) is 0.200. The van der Waals surface area contributed by atoms with Gasteiger partial charge in [-0.1, -0.05) is 23.5 Å². The van der Waals surface area contributed by atoms with Crippen molar-refractivity contribution < 1.29 is 9.53 Å². The van der Waals surface area contributed by atoms with Crippen LogP contribution in [0.15, 0.2) is 23.2 Å². The number of methoxy groups -OCH3 is 1. The van der Waals surface area contributed by atoms with Gasteiger partial charge in [0.2, 0.25) is 4.80 Å². The number of carbonyl (C=O) groups is 1. The largest absolute Gasteiger partial charge is 0.451 e. The van der Waals surface area contributed by atoms with Crippen molar-refractivity contribution in [2.45, 2.75) is 6.92 Å². The highest BCUT2D eigenvalue weighted by Gasteiger charge is 2.06. The molecule has 1 amide bonds. The first-order valence-corrected chi connectivity index (χ1v) is 5.44. The van der Waals surface area contributed by atoms with E-state index < -0.39 is 6.09 Å². The van der Waals surface area contributed by atoms with E-state index in [1.807, 2.05) is 25.1 Å². The maximum absolute atomic E-state index is 11.0. The minimum absolute atomic E-state index is 0.427. The second kappa shape index (κ2) is 3.97. The van der Waals surface area contributed by atoms with E-state index in [1.165, 1.54) is 23.1 Å². The van der Waals surface area contributed by atoms with E-state index in [9.17, 15) is 4.79 Å². The highest BCUT2D eigenvalue weighted by atomic mass is 32.1. The number of amides is 1. The van der Waals surface area contributed by atoms with E-state index in [0.29, 0.717) is 4.80 Å². The molecule has 0 fully saturated rings. The number of nitrogens with two attached hydrogens (primary N) is 1. The Kier molecular flexibility index (Phi) is 2.66. The molecule has 0 spiro atoms. The summed E-state index contributed by atoms with van der Waals surface area (Å²) in [5.74, 6) is 5.87. The molecule has 0 saturated carbocycles. The lowest BCUT2D eigenvalue weighted by molar-refractivity contribution is 0.181. The molecular formula is C10H11N3O2S. The molecule has 0 radical (unpaired) electrons. The van der Waals surface area contributed by atoms with E-state index in [0.717, 1.165) is 15.8 Å². The monoisotopic (exact) mass is 237 g/mol. The number of aromatic nitrogens is 1. The first-order valence-electron chi connectivity index (χ1n) is 4.62. The van der Waals surface area contributed by atoms with Crippen LogP contribution in [0.2, 0.25) is 0 Å². The van der Waals surface area contributed by atoms with Gasteiger partial charge in [0.1, 0.15) is 0 Å². The molecule has 0 saturated heterocycles. The predicted molar refractivity (Wildman–Crippen MR) is 62.7 cm³/mol.